The van der Waals surface area contributed by atoms with Crippen LogP contribution >= 0.6 is 11.6 Å². The van der Waals surface area contributed by atoms with Crippen LogP contribution in [0.5, 0.6) is 0 Å². The molecule has 0 aromatic heterocycles. The number of nitrogens with one attached hydrogen (secondary N) is 1. The molecule has 1 N–H and O–H groups in total. The molecule has 0 saturated heterocycles. The zero-order chi connectivity index (χ0) is 10.4. The Hall–Kier alpha value is -0.570. The maximum atomic E-state index is 5.80. The molecule has 0 heterocycles. The fraction of sp³-hybridized carbons (Fsp3) is 0.455. The maximum absolute atomic E-state index is 5.80. The van der Waals surface area contributed by atoms with E-state index in [0.717, 1.165) is 18.2 Å². The van der Waals surface area contributed by atoms with E-state index in [1.54, 1.807) is 7.11 Å². The first kappa shape index (κ1) is 11.5. The number of halogens is 1. The number of ether oxygens (including phenoxy) is 1. The van der Waals surface area contributed by atoms with Crippen molar-refractivity contribution < 1.29 is 4.74 Å². The van der Waals surface area contributed by atoms with Gasteiger partial charge in [-0.05, 0) is 24.6 Å². The van der Waals surface area contributed by atoms with Crippen LogP contribution in [0.15, 0.2) is 24.3 Å². The second-order valence-electron chi connectivity index (χ2n) is 3.22. The first-order valence-electron chi connectivity index (χ1n) is 4.72. The lowest BCUT2D eigenvalue weighted by Crippen LogP contribution is -2.22. The third-order valence-electron chi connectivity index (χ3n) is 2.13. The summed E-state index contributed by atoms with van der Waals surface area (Å²) in [6.45, 7) is 3.72. The molecule has 1 aromatic rings. The molecule has 14 heavy (non-hydrogen) atoms. The fourth-order valence-corrected chi connectivity index (χ4v) is 1.37. The molecule has 3 heteroatoms. The summed E-state index contributed by atoms with van der Waals surface area (Å²) in [5.74, 6) is 0. The normalized spacial score (nSPS) is 12.8. The zero-order valence-electron chi connectivity index (χ0n) is 8.59. The summed E-state index contributed by atoms with van der Waals surface area (Å²) in [5.41, 5.74) is 1.24. The van der Waals surface area contributed by atoms with Crippen molar-refractivity contribution >= 4 is 11.6 Å². The predicted octanol–water partition coefficient (Wildman–Crippen LogP) is 2.64. The van der Waals surface area contributed by atoms with Crippen LogP contribution in [0.1, 0.15) is 18.5 Å². The standard InChI is InChI=1S/C11H16ClNO/c1-9(13-7-8-14-2)10-3-5-11(12)6-4-10/h3-6,9,13H,7-8H2,1-2H3. The lowest BCUT2D eigenvalue weighted by Gasteiger charge is -2.13. The monoisotopic (exact) mass is 213 g/mol. The van der Waals surface area contributed by atoms with Crippen LogP contribution in [-0.4, -0.2) is 20.3 Å². The van der Waals surface area contributed by atoms with Gasteiger partial charge in [0, 0.05) is 24.7 Å². The second-order valence-corrected chi connectivity index (χ2v) is 3.66. The Kier molecular flexibility index (Phi) is 4.94. The van der Waals surface area contributed by atoms with Gasteiger partial charge in [-0.1, -0.05) is 23.7 Å². The molecule has 0 saturated carbocycles. The summed E-state index contributed by atoms with van der Waals surface area (Å²) in [6, 6.07) is 8.22. The topological polar surface area (TPSA) is 21.3 Å². The Morgan fingerprint density at radius 1 is 1.36 bits per heavy atom. The Bertz CT molecular complexity index is 260. The van der Waals surface area contributed by atoms with Gasteiger partial charge in [0.15, 0.2) is 0 Å². The lowest BCUT2D eigenvalue weighted by atomic mass is 10.1. The molecule has 1 aromatic carbocycles. The van der Waals surface area contributed by atoms with E-state index >= 15 is 0 Å². The summed E-state index contributed by atoms with van der Waals surface area (Å²) in [6.07, 6.45) is 0. The number of hydrogen-bond donors (Lipinski definition) is 1. The second kappa shape index (κ2) is 6.02. The smallest absolute Gasteiger partial charge is 0.0587 e. The summed E-state index contributed by atoms with van der Waals surface area (Å²) in [5, 5.41) is 4.13. The van der Waals surface area contributed by atoms with E-state index in [4.69, 9.17) is 16.3 Å². The molecule has 1 atom stereocenters. The van der Waals surface area contributed by atoms with Crippen molar-refractivity contribution in [2.24, 2.45) is 0 Å². The molecule has 0 fully saturated rings. The van der Waals surface area contributed by atoms with E-state index < -0.39 is 0 Å². The van der Waals surface area contributed by atoms with E-state index in [0.29, 0.717) is 6.04 Å². The quantitative estimate of drug-likeness (QED) is 0.760. The number of methoxy groups -OCH3 is 1. The molecular weight excluding hydrogens is 198 g/mol. The van der Waals surface area contributed by atoms with Gasteiger partial charge in [0.05, 0.1) is 6.61 Å². The van der Waals surface area contributed by atoms with Gasteiger partial charge in [0.2, 0.25) is 0 Å². The molecule has 0 spiro atoms. The SMILES string of the molecule is COCCNC(C)c1ccc(Cl)cc1. The lowest BCUT2D eigenvalue weighted by molar-refractivity contribution is 0.196. The molecule has 2 nitrogen and oxygen atoms in total. The maximum Gasteiger partial charge on any atom is 0.0587 e. The molecule has 78 valence electrons. The van der Waals surface area contributed by atoms with Gasteiger partial charge in [-0.25, -0.2) is 0 Å². The highest BCUT2D eigenvalue weighted by molar-refractivity contribution is 6.30. The van der Waals surface area contributed by atoms with Crippen LogP contribution in [0.3, 0.4) is 0 Å². The molecule has 0 amide bonds. The van der Waals surface area contributed by atoms with E-state index in [1.807, 2.05) is 24.3 Å². The van der Waals surface area contributed by atoms with Crippen molar-refractivity contribution in [2.45, 2.75) is 13.0 Å². The highest BCUT2D eigenvalue weighted by Crippen LogP contribution is 2.15. The average Bonchev–Trinajstić information content (AvgIpc) is 2.19. The van der Waals surface area contributed by atoms with Crippen molar-refractivity contribution in [3.63, 3.8) is 0 Å². The largest absolute Gasteiger partial charge is 0.383 e. The van der Waals surface area contributed by atoms with Crippen LogP contribution in [0, 0.1) is 0 Å². The van der Waals surface area contributed by atoms with Crippen LogP contribution in [0.4, 0.5) is 0 Å². The summed E-state index contributed by atoms with van der Waals surface area (Å²) in [7, 11) is 1.70. The van der Waals surface area contributed by atoms with Crippen molar-refractivity contribution in [3.8, 4) is 0 Å². The molecule has 1 rings (SSSR count). The van der Waals surface area contributed by atoms with Gasteiger partial charge in [-0.15, -0.1) is 0 Å². The summed E-state index contributed by atoms with van der Waals surface area (Å²) >= 11 is 5.80. The number of benzene rings is 1. The van der Waals surface area contributed by atoms with E-state index in [2.05, 4.69) is 12.2 Å². The van der Waals surface area contributed by atoms with Crippen molar-refractivity contribution in [1.82, 2.24) is 5.32 Å². The number of rotatable bonds is 5. The van der Waals surface area contributed by atoms with Gasteiger partial charge in [0.25, 0.3) is 0 Å². The van der Waals surface area contributed by atoms with Crippen LogP contribution in [0.25, 0.3) is 0 Å². The van der Waals surface area contributed by atoms with Crippen LogP contribution in [0.2, 0.25) is 5.02 Å². The van der Waals surface area contributed by atoms with Crippen molar-refractivity contribution in [3.05, 3.63) is 34.9 Å². The summed E-state index contributed by atoms with van der Waals surface area (Å²) < 4.78 is 4.96. The Morgan fingerprint density at radius 3 is 2.57 bits per heavy atom. The minimum absolute atomic E-state index is 0.336. The number of hydrogen-bond acceptors (Lipinski definition) is 2. The average molecular weight is 214 g/mol. The van der Waals surface area contributed by atoms with E-state index in [9.17, 15) is 0 Å². The highest BCUT2D eigenvalue weighted by Gasteiger charge is 2.02. The van der Waals surface area contributed by atoms with Gasteiger partial charge in [-0.2, -0.15) is 0 Å². The minimum Gasteiger partial charge on any atom is -0.383 e. The Labute approximate surface area is 90.2 Å². The van der Waals surface area contributed by atoms with E-state index in [-0.39, 0.29) is 0 Å². The van der Waals surface area contributed by atoms with Gasteiger partial charge >= 0.3 is 0 Å². The van der Waals surface area contributed by atoms with Gasteiger partial charge in [0.1, 0.15) is 0 Å². The van der Waals surface area contributed by atoms with Gasteiger partial charge in [-0.3, -0.25) is 0 Å². The minimum atomic E-state index is 0.336. The van der Waals surface area contributed by atoms with Crippen molar-refractivity contribution in [1.29, 1.82) is 0 Å². The van der Waals surface area contributed by atoms with Gasteiger partial charge < -0.3 is 10.1 Å². The predicted molar refractivity (Wildman–Crippen MR) is 59.7 cm³/mol. The molecule has 0 aliphatic carbocycles. The molecule has 1 unspecified atom stereocenters. The molecule has 0 aliphatic heterocycles. The first-order chi connectivity index (χ1) is 6.74. The zero-order valence-corrected chi connectivity index (χ0v) is 9.34. The molecule has 0 aliphatic rings. The molecule has 0 radical (unpaired) electrons. The third kappa shape index (κ3) is 3.66. The molecule has 0 bridgehead atoms. The fourth-order valence-electron chi connectivity index (χ4n) is 1.25. The Morgan fingerprint density at radius 2 is 2.00 bits per heavy atom. The van der Waals surface area contributed by atoms with Crippen LogP contribution in [-0.2, 0) is 4.74 Å². The molecular formula is C11H16ClNO. The van der Waals surface area contributed by atoms with Crippen molar-refractivity contribution in [2.75, 3.05) is 20.3 Å². The Balaban J connectivity index is 2.43. The van der Waals surface area contributed by atoms with Crippen LogP contribution < -0.4 is 5.32 Å². The first-order valence-corrected chi connectivity index (χ1v) is 5.09. The highest BCUT2D eigenvalue weighted by atomic mass is 35.5. The van der Waals surface area contributed by atoms with E-state index in [1.165, 1.54) is 5.56 Å². The third-order valence-corrected chi connectivity index (χ3v) is 2.38. The summed E-state index contributed by atoms with van der Waals surface area (Å²) in [4.78, 5) is 0.